The molecule has 29 heavy (non-hydrogen) atoms. The van der Waals surface area contributed by atoms with Crippen molar-refractivity contribution < 1.29 is 4.74 Å². The molecule has 1 aliphatic carbocycles. The molecule has 0 spiro atoms. The maximum Gasteiger partial charge on any atom is 0.211 e. The Bertz CT molecular complexity index is 1060. The molecule has 1 unspecified atom stereocenters. The monoisotopic (exact) mass is 385 g/mol. The zero-order valence-electron chi connectivity index (χ0n) is 16.9. The molecule has 1 atom stereocenters. The van der Waals surface area contributed by atoms with Crippen LogP contribution < -0.4 is 0 Å². The molecular weight excluding hydrogens is 358 g/mol. The fourth-order valence-electron chi connectivity index (χ4n) is 4.73. The third-order valence-electron chi connectivity index (χ3n) is 6.07. The highest BCUT2D eigenvalue weighted by Crippen LogP contribution is 2.33. The van der Waals surface area contributed by atoms with E-state index in [9.17, 15) is 0 Å². The highest BCUT2D eigenvalue weighted by molar-refractivity contribution is 5.96. The smallest absolute Gasteiger partial charge is 0.211 e. The van der Waals surface area contributed by atoms with Gasteiger partial charge in [-0.25, -0.2) is 4.99 Å². The minimum absolute atomic E-state index is 0.424. The predicted molar refractivity (Wildman–Crippen MR) is 118 cm³/mol. The van der Waals surface area contributed by atoms with Crippen LogP contribution in [0.15, 0.2) is 77.4 Å². The second-order valence-electron chi connectivity index (χ2n) is 7.97. The van der Waals surface area contributed by atoms with E-state index in [1.165, 1.54) is 41.3 Å². The van der Waals surface area contributed by atoms with E-state index < -0.39 is 0 Å². The molecule has 0 saturated heterocycles. The standard InChI is InChI=1S/C25H27N3O/c1-29-18-22-15-20-11-5-8-14-24(20)28(22)25-26-16-21-12-6-7-13-23(21)27(25)17-19-9-3-2-4-10-19/h2-5,8-11,14-16,23H,6-7,12-13,17-18H2,1H3. The molecule has 1 fully saturated rings. The topological polar surface area (TPSA) is 29.8 Å². The van der Waals surface area contributed by atoms with E-state index in [0.717, 1.165) is 24.6 Å². The minimum Gasteiger partial charge on any atom is -0.378 e. The van der Waals surface area contributed by atoms with Crippen LogP contribution in [0.3, 0.4) is 0 Å². The van der Waals surface area contributed by atoms with Crippen LogP contribution in [-0.4, -0.2) is 28.6 Å². The number of hydrogen-bond donors (Lipinski definition) is 0. The fraction of sp³-hybridized carbons (Fsp3) is 0.320. The molecule has 1 aliphatic heterocycles. The van der Waals surface area contributed by atoms with Crippen molar-refractivity contribution in [1.82, 2.24) is 9.47 Å². The van der Waals surface area contributed by atoms with E-state index in [1.807, 2.05) is 0 Å². The van der Waals surface area contributed by atoms with Gasteiger partial charge in [0.15, 0.2) is 0 Å². The lowest BCUT2D eigenvalue weighted by Crippen LogP contribution is -2.47. The first-order valence-electron chi connectivity index (χ1n) is 10.5. The van der Waals surface area contributed by atoms with Crippen LogP contribution in [0, 0.1) is 0 Å². The molecule has 4 heteroatoms. The number of methoxy groups -OCH3 is 1. The van der Waals surface area contributed by atoms with E-state index in [1.54, 1.807) is 7.11 Å². The normalized spacial score (nSPS) is 19.1. The largest absolute Gasteiger partial charge is 0.378 e. The van der Waals surface area contributed by atoms with Crippen molar-refractivity contribution in [2.45, 2.75) is 44.9 Å². The number of aromatic nitrogens is 1. The first-order valence-corrected chi connectivity index (χ1v) is 10.5. The zero-order chi connectivity index (χ0) is 19.6. The third kappa shape index (κ3) is 3.38. The van der Waals surface area contributed by atoms with Crippen LogP contribution in [-0.2, 0) is 17.9 Å². The Balaban J connectivity index is 1.65. The van der Waals surface area contributed by atoms with Crippen LogP contribution >= 0.6 is 0 Å². The Labute approximate surface area is 172 Å². The second-order valence-corrected chi connectivity index (χ2v) is 7.97. The van der Waals surface area contributed by atoms with Gasteiger partial charge in [-0.2, -0.15) is 0 Å². The van der Waals surface area contributed by atoms with Crippen LogP contribution in [0.1, 0.15) is 36.9 Å². The highest BCUT2D eigenvalue weighted by atomic mass is 16.5. The quantitative estimate of drug-likeness (QED) is 0.607. The van der Waals surface area contributed by atoms with E-state index in [4.69, 9.17) is 9.73 Å². The van der Waals surface area contributed by atoms with Gasteiger partial charge in [0, 0.05) is 25.2 Å². The summed E-state index contributed by atoms with van der Waals surface area (Å²) in [5, 5.41) is 1.22. The molecule has 0 N–H and O–H groups in total. The molecule has 5 rings (SSSR count). The molecule has 0 radical (unpaired) electrons. The molecule has 0 amide bonds. The van der Waals surface area contributed by atoms with Crippen molar-refractivity contribution in [1.29, 1.82) is 0 Å². The van der Waals surface area contributed by atoms with E-state index in [-0.39, 0.29) is 0 Å². The molecule has 4 nitrogen and oxygen atoms in total. The van der Waals surface area contributed by atoms with Crippen LogP contribution in [0.2, 0.25) is 0 Å². The minimum atomic E-state index is 0.424. The molecule has 3 aromatic rings. The molecule has 2 aromatic carbocycles. The Morgan fingerprint density at radius 3 is 2.72 bits per heavy atom. The summed E-state index contributed by atoms with van der Waals surface area (Å²) >= 11 is 0. The number of fused-ring (bicyclic) bond motifs is 2. The summed E-state index contributed by atoms with van der Waals surface area (Å²) in [7, 11) is 1.76. The predicted octanol–water partition coefficient (Wildman–Crippen LogP) is 5.33. The van der Waals surface area contributed by atoms with Gasteiger partial charge in [-0.15, -0.1) is 0 Å². The molecule has 0 bridgehead atoms. The average molecular weight is 386 g/mol. The van der Waals surface area contributed by atoms with Gasteiger partial charge < -0.3 is 9.64 Å². The van der Waals surface area contributed by atoms with Crippen molar-refractivity contribution in [2.24, 2.45) is 4.99 Å². The van der Waals surface area contributed by atoms with Crippen molar-refractivity contribution in [3.63, 3.8) is 0 Å². The number of nitrogens with zero attached hydrogens (tertiary/aromatic N) is 3. The first-order chi connectivity index (χ1) is 14.3. The van der Waals surface area contributed by atoms with Gasteiger partial charge in [-0.1, -0.05) is 55.0 Å². The lowest BCUT2D eigenvalue weighted by Gasteiger charge is -2.41. The van der Waals surface area contributed by atoms with E-state index in [0.29, 0.717) is 12.6 Å². The SMILES string of the molecule is COCc1cc2ccccc2n1C1=NC=C2CCCCC2N1Cc1ccccc1. The van der Waals surface area contributed by atoms with Gasteiger partial charge >= 0.3 is 0 Å². The lowest BCUT2D eigenvalue weighted by atomic mass is 9.88. The van der Waals surface area contributed by atoms with Gasteiger partial charge in [0.2, 0.25) is 5.96 Å². The summed E-state index contributed by atoms with van der Waals surface area (Å²) < 4.78 is 7.83. The number of hydrogen-bond acceptors (Lipinski definition) is 3. The summed E-state index contributed by atoms with van der Waals surface area (Å²) in [5.41, 5.74) is 5.11. The number of rotatable bonds is 4. The Kier molecular flexibility index (Phi) is 4.94. The van der Waals surface area contributed by atoms with Crippen molar-refractivity contribution in [3.8, 4) is 0 Å². The van der Waals surface area contributed by atoms with Crippen LogP contribution in [0.25, 0.3) is 10.9 Å². The summed E-state index contributed by atoms with van der Waals surface area (Å²) in [5.74, 6) is 1.01. The Morgan fingerprint density at radius 1 is 1.03 bits per heavy atom. The maximum absolute atomic E-state index is 5.54. The second kappa shape index (κ2) is 7.88. The summed E-state index contributed by atoms with van der Waals surface area (Å²) in [4.78, 5) is 7.52. The van der Waals surface area contributed by atoms with Gasteiger partial charge in [0.1, 0.15) is 0 Å². The van der Waals surface area contributed by atoms with Gasteiger partial charge in [-0.3, -0.25) is 4.57 Å². The van der Waals surface area contributed by atoms with Crippen LogP contribution in [0.5, 0.6) is 0 Å². The highest BCUT2D eigenvalue weighted by Gasteiger charge is 2.32. The summed E-state index contributed by atoms with van der Waals surface area (Å²) in [6.07, 6.45) is 7.03. The number of aliphatic imine (C=N–C) groups is 1. The van der Waals surface area contributed by atoms with Gasteiger partial charge in [-0.05, 0) is 42.5 Å². The molecule has 2 heterocycles. The molecular formula is C25H27N3O. The number of para-hydroxylation sites is 1. The zero-order valence-corrected chi connectivity index (χ0v) is 16.9. The Hall–Kier alpha value is -2.85. The number of ether oxygens (including phenoxy) is 1. The fourth-order valence-corrected chi connectivity index (χ4v) is 4.73. The molecule has 2 aliphatic rings. The Morgan fingerprint density at radius 2 is 1.86 bits per heavy atom. The molecule has 1 aromatic heterocycles. The third-order valence-corrected chi connectivity index (χ3v) is 6.07. The van der Waals surface area contributed by atoms with E-state index >= 15 is 0 Å². The summed E-state index contributed by atoms with van der Waals surface area (Å²) in [6, 6.07) is 21.9. The van der Waals surface area contributed by atoms with Crippen molar-refractivity contribution in [2.75, 3.05) is 7.11 Å². The molecule has 148 valence electrons. The van der Waals surface area contributed by atoms with Crippen molar-refractivity contribution in [3.05, 3.63) is 83.7 Å². The van der Waals surface area contributed by atoms with Gasteiger partial charge in [0.25, 0.3) is 0 Å². The number of benzene rings is 2. The van der Waals surface area contributed by atoms with Gasteiger partial charge in [0.05, 0.1) is 23.9 Å². The first kappa shape index (κ1) is 18.2. The molecule has 1 saturated carbocycles. The maximum atomic E-state index is 5.54. The average Bonchev–Trinajstić information content (AvgIpc) is 3.13. The van der Waals surface area contributed by atoms with Crippen LogP contribution in [0.4, 0.5) is 0 Å². The van der Waals surface area contributed by atoms with E-state index in [2.05, 4.69) is 76.3 Å². The lowest BCUT2D eigenvalue weighted by molar-refractivity contribution is 0.179. The van der Waals surface area contributed by atoms with Crippen molar-refractivity contribution >= 4 is 16.9 Å². The summed E-state index contributed by atoms with van der Waals surface area (Å²) in [6.45, 7) is 1.43.